The van der Waals surface area contributed by atoms with Gasteiger partial charge in [-0.1, -0.05) is 10.1 Å². The van der Waals surface area contributed by atoms with E-state index in [1.165, 1.54) is 0 Å². The van der Waals surface area contributed by atoms with E-state index in [4.69, 9.17) is 5.73 Å². The van der Waals surface area contributed by atoms with E-state index in [1.54, 1.807) is 12.5 Å². The second-order valence-corrected chi connectivity index (χ2v) is 5.07. The smallest absolute Gasteiger partial charge is 0.0186 e. The summed E-state index contributed by atoms with van der Waals surface area (Å²) >= 11 is 0. The van der Waals surface area contributed by atoms with Crippen LogP contribution in [0.3, 0.4) is 0 Å². The summed E-state index contributed by atoms with van der Waals surface area (Å²) in [5.41, 5.74) is 5.15. The molecule has 0 aromatic rings. The van der Waals surface area contributed by atoms with Gasteiger partial charge in [0.25, 0.3) is 0 Å². The van der Waals surface area contributed by atoms with Crippen molar-refractivity contribution in [3.05, 3.63) is 0 Å². The highest BCUT2D eigenvalue weighted by Gasteiger charge is 1.93. The van der Waals surface area contributed by atoms with Crippen molar-refractivity contribution >= 4 is 10.1 Å². The Labute approximate surface area is 51.2 Å². The average Bonchev–Trinajstić information content (AvgIpc) is 1.59. The molecule has 0 aliphatic carbocycles. The largest absolute Gasteiger partial charge is 0.329 e. The Balaban J connectivity index is 3.26. The molecular formula is C4H14N2OS. The van der Waals surface area contributed by atoms with E-state index in [1.807, 2.05) is 0 Å². The van der Waals surface area contributed by atoms with Gasteiger partial charge in [-0.25, -0.2) is 0 Å². The third-order valence-corrected chi connectivity index (χ3v) is 1.62. The molecule has 0 aliphatic rings. The SMILES string of the molecule is C[SH](C)(=O)NCCN. The second kappa shape index (κ2) is 3.17. The Hall–Kier alpha value is 0.0700. The van der Waals surface area contributed by atoms with Crippen molar-refractivity contribution in [1.29, 1.82) is 0 Å². The molecule has 3 N–H and O–H groups in total. The lowest BCUT2D eigenvalue weighted by Gasteiger charge is -2.12. The quantitative estimate of drug-likeness (QED) is 0.426. The minimum atomic E-state index is -2.01. The standard InChI is InChI=1S/C4H14N2OS/c1-8(2,7)6-4-3-5/h8H,3-5H2,1-2H3,(H,6,7). The summed E-state index contributed by atoms with van der Waals surface area (Å²) in [5.74, 6) is 0. The van der Waals surface area contributed by atoms with E-state index in [0.717, 1.165) is 0 Å². The van der Waals surface area contributed by atoms with E-state index in [-0.39, 0.29) is 0 Å². The van der Waals surface area contributed by atoms with E-state index < -0.39 is 10.1 Å². The minimum Gasteiger partial charge on any atom is -0.329 e. The van der Waals surface area contributed by atoms with Crippen molar-refractivity contribution in [3.63, 3.8) is 0 Å². The number of rotatable bonds is 3. The van der Waals surface area contributed by atoms with Crippen molar-refractivity contribution < 1.29 is 4.21 Å². The van der Waals surface area contributed by atoms with Crippen molar-refractivity contribution in [3.8, 4) is 0 Å². The van der Waals surface area contributed by atoms with Crippen LogP contribution >= 0.6 is 0 Å². The van der Waals surface area contributed by atoms with Gasteiger partial charge in [-0.15, -0.1) is 0 Å². The number of hydrogen-bond donors (Lipinski definition) is 3. The van der Waals surface area contributed by atoms with Crippen molar-refractivity contribution in [2.75, 3.05) is 25.6 Å². The zero-order valence-electron chi connectivity index (χ0n) is 5.35. The third-order valence-electron chi connectivity index (χ3n) is 0.637. The predicted molar refractivity (Wildman–Crippen MR) is 38.4 cm³/mol. The molecule has 0 spiro atoms. The summed E-state index contributed by atoms with van der Waals surface area (Å²) in [6, 6.07) is 0. The minimum absolute atomic E-state index is 0.547. The molecule has 0 unspecified atom stereocenters. The molecule has 0 bridgehead atoms. The number of nitrogens with one attached hydrogen (secondary N) is 1. The first-order valence-electron chi connectivity index (χ1n) is 2.56. The molecule has 0 rings (SSSR count). The van der Waals surface area contributed by atoms with E-state index in [2.05, 4.69) is 4.72 Å². The van der Waals surface area contributed by atoms with Gasteiger partial charge < -0.3 is 5.73 Å². The van der Waals surface area contributed by atoms with Gasteiger partial charge in [0.1, 0.15) is 0 Å². The second-order valence-electron chi connectivity index (χ2n) is 2.05. The summed E-state index contributed by atoms with van der Waals surface area (Å²) in [5, 5.41) is 0. The van der Waals surface area contributed by atoms with E-state index >= 15 is 0 Å². The van der Waals surface area contributed by atoms with Crippen LogP contribution in [0.1, 0.15) is 0 Å². The lowest BCUT2D eigenvalue weighted by atomic mass is 10.7. The van der Waals surface area contributed by atoms with Crippen LogP contribution in [0.15, 0.2) is 0 Å². The Bertz CT molecular complexity index is 98.2. The maximum absolute atomic E-state index is 10.8. The van der Waals surface area contributed by atoms with E-state index in [0.29, 0.717) is 13.1 Å². The zero-order chi connectivity index (χ0) is 6.62. The highest BCUT2D eigenvalue weighted by Crippen LogP contribution is 1.80. The van der Waals surface area contributed by atoms with Crippen LogP contribution < -0.4 is 10.5 Å². The van der Waals surface area contributed by atoms with Gasteiger partial charge in [-0.3, -0.25) is 8.93 Å². The summed E-state index contributed by atoms with van der Waals surface area (Å²) < 4.78 is 13.6. The molecule has 8 heavy (non-hydrogen) atoms. The molecule has 0 radical (unpaired) electrons. The first kappa shape index (κ1) is 8.07. The maximum atomic E-state index is 10.8. The van der Waals surface area contributed by atoms with Crippen LogP contribution in [0.5, 0.6) is 0 Å². The van der Waals surface area contributed by atoms with Crippen LogP contribution in [0.2, 0.25) is 0 Å². The molecule has 0 aliphatic heterocycles. The Kier molecular flexibility index (Phi) is 3.19. The molecule has 0 saturated heterocycles. The molecule has 0 amide bonds. The molecule has 52 valence electrons. The lowest BCUT2D eigenvalue weighted by molar-refractivity contribution is 0.666. The fourth-order valence-electron chi connectivity index (χ4n) is 0.334. The predicted octanol–water partition coefficient (Wildman–Crippen LogP) is -1.27. The van der Waals surface area contributed by atoms with Gasteiger partial charge in [0.05, 0.1) is 0 Å². The maximum Gasteiger partial charge on any atom is 0.0186 e. The highest BCUT2D eigenvalue weighted by molar-refractivity contribution is 7.99. The Morgan fingerprint density at radius 2 is 2.12 bits per heavy atom. The monoisotopic (exact) mass is 138 g/mol. The van der Waals surface area contributed by atoms with Crippen molar-refractivity contribution in [2.24, 2.45) is 5.73 Å². The molecule has 0 aromatic carbocycles. The molecule has 0 atom stereocenters. The molecule has 0 fully saturated rings. The van der Waals surface area contributed by atoms with Gasteiger partial charge in [-0.2, -0.15) is 0 Å². The van der Waals surface area contributed by atoms with Crippen LogP contribution in [0.4, 0.5) is 0 Å². The fraction of sp³-hybridized carbons (Fsp3) is 1.00. The number of nitrogens with two attached hydrogens (primary N) is 1. The molecule has 3 nitrogen and oxygen atoms in total. The van der Waals surface area contributed by atoms with Crippen molar-refractivity contribution in [1.82, 2.24) is 4.72 Å². The van der Waals surface area contributed by atoms with Crippen LogP contribution in [0.25, 0.3) is 0 Å². The summed E-state index contributed by atoms with van der Waals surface area (Å²) in [6.45, 7) is 1.19. The third kappa shape index (κ3) is 6.07. The fourth-order valence-corrected chi connectivity index (χ4v) is 1.00. The van der Waals surface area contributed by atoms with Crippen LogP contribution in [-0.2, 0) is 10.1 Å². The number of hydrogen-bond acceptors (Lipinski definition) is 2. The van der Waals surface area contributed by atoms with Crippen LogP contribution in [-0.4, -0.2) is 29.8 Å². The first-order chi connectivity index (χ1) is 3.56. The van der Waals surface area contributed by atoms with Crippen LogP contribution in [0, 0.1) is 0 Å². The first-order valence-corrected chi connectivity index (χ1v) is 5.16. The van der Waals surface area contributed by atoms with Gasteiger partial charge in [-0.05, 0) is 0 Å². The molecule has 0 heterocycles. The topological polar surface area (TPSA) is 55.1 Å². The van der Waals surface area contributed by atoms with Gasteiger partial charge in [0.15, 0.2) is 0 Å². The average molecular weight is 138 g/mol. The molecule has 0 aromatic heterocycles. The van der Waals surface area contributed by atoms with E-state index in [9.17, 15) is 4.21 Å². The summed E-state index contributed by atoms with van der Waals surface area (Å²) in [6.07, 6.45) is 3.37. The number of thiol groups is 1. The molecule has 0 saturated carbocycles. The zero-order valence-corrected chi connectivity index (χ0v) is 6.24. The van der Waals surface area contributed by atoms with Gasteiger partial charge in [0, 0.05) is 25.6 Å². The summed E-state index contributed by atoms with van der Waals surface area (Å²) in [4.78, 5) is 0. The normalized spacial score (nSPS) is 13.9. The van der Waals surface area contributed by atoms with Gasteiger partial charge >= 0.3 is 0 Å². The van der Waals surface area contributed by atoms with Crippen molar-refractivity contribution in [2.45, 2.75) is 0 Å². The summed E-state index contributed by atoms with van der Waals surface area (Å²) in [7, 11) is -2.01. The van der Waals surface area contributed by atoms with Gasteiger partial charge in [0.2, 0.25) is 0 Å². The Morgan fingerprint density at radius 3 is 2.25 bits per heavy atom. The lowest BCUT2D eigenvalue weighted by Crippen LogP contribution is -2.32. The molecule has 4 heteroatoms. The Morgan fingerprint density at radius 1 is 1.62 bits per heavy atom. The molecular weight excluding hydrogens is 124 g/mol. The highest BCUT2D eigenvalue weighted by atomic mass is 32.3.